The third-order valence-electron chi connectivity index (χ3n) is 3.81. The lowest BCUT2D eigenvalue weighted by molar-refractivity contribution is 0.0205. The van der Waals surface area contributed by atoms with Gasteiger partial charge in [-0.3, -0.25) is 4.79 Å². The van der Waals surface area contributed by atoms with Crippen LogP contribution in [0.15, 0.2) is 24.3 Å². The van der Waals surface area contributed by atoms with Gasteiger partial charge in [0, 0.05) is 29.7 Å². The standard InChI is InChI=1S/C15H19N3O2/c1-15(5-2-6-20-15)9-17-14(19)13-8-10-7-11(16)3-4-12(10)18-13/h3-4,7-8,18H,2,5-6,9,16H2,1H3,(H,17,19). The van der Waals surface area contributed by atoms with E-state index in [4.69, 9.17) is 10.5 Å². The third-order valence-corrected chi connectivity index (χ3v) is 3.81. The van der Waals surface area contributed by atoms with Gasteiger partial charge in [-0.25, -0.2) is 0 Å². The predicted molar refractivity (Wildman–Crippen MR) is 78.6 cm³/mol. The molecule has 1 fully saturated rings. The lowest BCUT2D eigenvalue weighted by atomic mass is 10.0. The molecule has 106 valence electrons. The summed E-state index contributed by atoms with van der Waals surface area (Å²) in [6, 6.07) is 7.36. The van der Waals surface area contributed by atoms with Crippen LogP contribution in [-0.4, -0.2) is 29.6 Å². The molecule has 20 heavy (non-hydrogen) atoms. The van der Waals surface area contributed by atoms with Crippen LogP contribution in [0.25, 0.3) is 10.9 Å². The molecule has 0 saturated carbocycles. The Hall–Kier alpha value is -2.01. The molecule has 1 unspecified atom stereocenters. The fraction of sp³-hybridized carbons (Fsp3) is 0.400. The van der Waals surface area contributed by atoms with Crippen LogP contribution in [0.4, 0.5) is 5.69 Å². The van der Waals surface area contributed by atoms with Crippen LogP contribution < -0.4 is 11.1 Å². The SMILES string of the molecule is CC1(CNC(=O)c2cc3cc(N)ccc3[nH]2)CCCO1. The molecule has 1 aromatic carbocycles. The lowest BCUT2D eigenvalue weighted by Crippen LogP contribution is -2.40. The molecular formula is C15H19N3O2. The molecule has 3 rings (SSSR count). The number of carbonyl (C=O) groups is 1. The minimum Gasteiger partial charge on any atom is -0.399 e. The highest BCUT2D eigenvalue weighted by Crippen LogP contribution is 2.24. The number of carbonyl (C=O) groups excluding carboxylic acids is 1. The van der Waals surface area contributed by atoms with Gasteiger partial charge >= 0.3 is 0 Å². The zero-order chi connectivity index (χ0) is 14.2. The summed E-state index contributed by atoms with van der Waals surface area (Å²) in [4.78, 5) is 15.3. The van der Waals surface area contributed by atoms with Crippen molar-refractivity contribution in [3.8, 4) is 0 Å². The first-order valence-corrected chi connectivity index (χ1v) is 6.86. The number of aromatic nitrogens is 1. The van der Waals surface area contributed by atoms with Crippen molar-refractivity contribution in [3.05, 3.63) is 30.0 Å². The maximum Gasteiger partial charge on any atom is 0.267 e. The molecular weight excluding hydrogens is 254 g/mol. The summed E-state index contributed by atoms with van der Waals surface area (Å²) in [5.41, 5.74) is 7.66. The highest BCUT2D eigenvalue weighted by Gasteiger charge is 2.30. The van der Waals surface area contributed by atoms with Gasteiger partial charge < -0.3 is 20.8 Å². The molecule has 2 aromatic rings. The maximum absolute atomic E-state index is 12.2. The van der Waals surface area contributed by atoms with E-state index in [1.807, 2.05) is 31.2 Å². The van der Waals surface area contributed by atoms with Crippen molar-refractivity contribution in [1.29, 1.82) is 0 Å². The summed E-state index contributed by atoms with van der Waals surface area (Å²) in [6.07, 6.45) is 2.04. The minimum absolute atomic E-state index is 0.114. The second-order valence-corrected chi connectivity index (χ2v) is 5.61. The molecule has 0 aliphatic carbocycles. The average molecular weight is 273 g/mol. The first-order chi connectivity index (χ1) is 9.56. The molecule has 0 bridgehead atoms. The summed E-state index contributed by atoms with van der Waals surface area (Å²) >= 11 is 0. The van der Waals surface area contributed by atoms with Crippen molar-refractivity contribution in [1.82, 2.24) is 10.3 Å². The number of nitrogens with two attached hydrogens (primary N) is 1. The number of fused-ring (bicyclic) bond motifs is 1. The monoisotopic (exact) mass is 273 g/mol. The molecule has 1 atom stereocenters. The van der Waals surface area contributed by atoms with Crippen LogP contribution in [0.2, 0.25) is 0 Å². The van der Waals surface area contributed by atoms with Crippen molar-refractivity contribution in [2.75, 3.05) is 18.9 Å². The molecule has 0 radical (unpaired) electrons. The summed E-state index contributed by atoms with van der Waals surface area (Å²) in [6.45, 7) is 3.34. The zero-order valence-corrected chi connectivity index (χ0v) is 11.5. The van der Waals surface area contributed by atoms with Crippen LogP contribution in [0.3, 0.4) is 0 Å². The van der Waals surface area contributed by atoms with E-state index < -0.39 is 0 Å². The van der Waals surface area contributed by atoms with E-state index >= 15 is 0 Å². The first-order valence-electron chi connectivity index (χ1n) is 6.86. The van der Waals surface area contributed by atoms with Crippen molar-refractivity contribution in [2.45, 2.75) is 25.4 Å². The summed E-state index contributed by atoms with van der Waals surface area (Å²) in [5, 5.41) is 3.87. The second-order valence-electron chi connectivity index (χ2n) is 5.61. The number of nitrogens with one attached hydrogen (secondary N) is 2. The lowest BCUT2D eigenvalue weighted by Gasteiger charge is -2.23. The van der Waals surface area contributed by atoms with E-state index in [-0.39, 0.29) is 11.5 Å². The second kappa shape index (κ2) is 4.83. The zero-order valence-electron chi connectivity index (χ0n) is 11.5. The predicted octanol–water partition coefficient (Wildman–Crippen LogP) is 2.05. The molecule has 5 nitrogen and oxygen atoms in total. The van der Waals surface area contributed by atoms with Gasteiger partial charge in [0.25, 0.3) is 5.91 Å². The minimum atomic E-state index is -0.230. The van der Waals surface area contributed by atoms with E-state index in [1.165, 1.54) is 0 Å². The van der Waals surface area contributed by atoms with Crippen molar-refractivity contribution >= 4 is 22.5 Å². The average Bonchev–Trinajstić information content (AvgIpc) is 3.02. The largest absolute Gasteiger partial charge is 0.399 e. The van der Waals surface area contributed by atoms with Gasteiger partial charge in [0.05, 0.1) is 5.60 Å². The number of aromatic amines is 1. The van der Waals surface area contributed by atoms with Crippen LogP contribution in [0, 0.1) is 0 Å². The summed E-state index contributed by atoms with van der Waals surface area (Å²) in [7, 11) is 0. The Morgan fingerprint density at radius 2 is 2.35 bits per heavy atom. The van der Waals surface area contributed by atoms with Crippen molar-refractivity contribution in [3.63, 3.8) is 0 Å². The normalized spacial score (nSPS) is 22.2. The van der Waals surface area contributed by atoms with E-state index in [9.17, 15) is 4.79 Å². The Morgan fingerprint density at radius 3 is 3.10 bits per heavy atom. The van der Waals surface area contributed by atoms with Gasteiger partial charge in [-0.2, -0.15) is 0 Å². The molecule has 1 aliphatic rings. The number of rotatable bonds is 3. The number of ether oxygens (including phenoxy) is 1. The summed E-state index contributed by atoms with van der Waals surface area (Å²) < 4.78 is 5.66. The number of anilines is 1. The van der Waals surface area contributed by atoms with Crippen LogP contribution >= 0.6 is 0 Å². The molecule has 0 spiro atoms. The fourth-order valence-corrected chi connectivity index (χ4v) is 2.61. The van der Waals surface area contributed by atoms with Gasteiger partial charge in [0.1, 0.15) is 5.69 Å². The highest BCUT2D eigenvalue weighted by atomic mass is 16.5. The summed E-state index contributed by atoms with van der Waals surface area (Å²) in [5.74, 6) is -0.114. The molecule has 1 aliphatic heterocycles. The Kier molecular flexibility index (Phi) is 3.14. The Bertz CT molecular complexity index is 642. The molecule has 4 N–H and O–H groups in total. The van der Waals surface area contributed by atoms with Crippen molar-refractivity contribution in [2.24, 2.45) is 0 Å². The van der Waals surface area contributed by atoms with Crippen LogP contribution in [-0.2, 0) is 4.74 Å². The molecule has 2 heterocycles. The smallest absolute Gasteiger partial charge is 0.267 e. The van der Waals surface area contributed by atoms with E-state index in [0.29, 0.717) is 17.9 Å². The maximum atomic E-state index is 12.2. The Morgan fingerprint density at radius 1 is 1.50 bits per heavy atom. The molecule has 1 aromatic heterocycles. The van der Waals surface area contributed by atoms with Crippen molar-refractivity contribution < 1.29 is 9.53 Å². The topological polar surface area (TPSA) is 80.1 Å². The van der Waals surface area contributed by atoms with E-state index in [0.717, 1.165) is 30.4 Å². The number of benzene rings is 1. The number of hydrogen-bond acceptors (Lipinski definition) is 3. The van der Waals surface area contributed by atoms with Gasteiger partial charge in [0.15, 0.2) is 0 Å². The van der Waals surface area contributed by atoms with Gasteiger partial charge in [-0.05, 0) is 44.0 Å². The Labute approximate surface area is 117 Å². The highest BCUT2D eigenvalue weighted by molar-refractivity contribution is 5.98. The molecule has 1 amide bonds. The third kappa shape index (κ3) is 2.49. The first kappa shape index (κ1) is 13.0. The van der Waals surface area contributed by atoms with E-state index in [2.05, 4.69) is 10.3 Å². The number of hydrogen-bond donors (Lipinski definition) is 3. The van der Waals surface area contributed by atoms with Gasteiger partial charge in [-0.1, -0.05) is 0 Å². The van der Waals surface area contributed by atoms with Gasteiger partial charge in [-0.15, -0.1) is 0 Å². The quantitative estimate of drug-likeness (QED) is 0.749. The fourth-order valence-electron chi connectivity index (χ4n) is 2.61. The van der Waals surface area contributed by atoms with Crippen LogP contribution in [0.1, 0.15) is 30.3 Å². The molecule has 5 heteroatoms. The molecule has 1 saturated heterocycles. The van der Waals surface area contributed by atoms with Gasteiger partial charge in [0.2, 0.25) is 0 Å². The number of nitrogen functional groups attached to an aromatic ring is 1. The number of amides is 1. The van der Waals surface area contributed by atoms with Crippen LogP contribution in [0.5, 0.6) is 0 Å². The number of H-pyrrole nitrogens is 1. The van der Waals surface area contributed by atoms with E-state index in [1.54, 1.807) is 0 Å². The Balaban J connectivity index is 1.72.